The average molecular weight is 873 g/mol. The number of aromatic nitrogens is 4. The van der Waals surface area contributed by atoms with Crippen molar-refractivity contribution < 1.29 is 13.5 Å². The van der Waals surface area contributed by atoms with Crippen LogP contribution in [-0.2, 0) is 9.05 Å². The molecule has 15 nitrogen and oxygen atoms in total. The van der Waals surface area contributed by atoms with Crippen LogP contribution < -0.4 is 15.1 Å². The Labute approximate surface area is 369 Å². The fourth-order valence-electron chi connectivity index (χ4n) is 4.73. The van der Waals surface area contributed by atoms with Crippen molar-refractivity contribution in [1.82, 2.24) is 30.2 Å². The van der Waals surface area contributed by atoms with Gasteiger partial charge in [0.15, 0.2) is 11.6 Å². The van der Waals surface area contributed by atoms with Gasteiger partial charge >= 0.3 is 0 Å². The summed E-state index contributed by atoms with van der Waals surface area (Å²) in [7, 11) is 13.2. The van der Waals surface area contributed by atoms with E-state index in [0.717, 1.165) is 35.6 Å². The van der Waals surface area contributed by atoms with Gasteiger partial charge in [-0.3, -0.25) is 0 Å². The van der Waals surface area contributed by atoms with Gasteiger partial charge < -0.3 is 25.1 Å². The molecule has 0 spiro atoms. The van der Waals surface area contributed by atoms with Crippen LogP contribution >= 0.6 is 10.7 Å². The predicted molar refractivity (Wildman–Crippen MR) is 245 cm³/mol. The number of aliphatic hydroxyl groups is 1. The molecule has 17 heteroatoms. The van der Waals surface area contributed by atoms with E-state index in [1.807, 2.05) is 60.2 Å². The van der Waals surface area contributed by atoms with Crippen molar-refractivity contribution in [2.45, 2.75) is 11.8 Å². The Bertz CT molecular complexity index is 2490. The summed E-state index contributed by atoms with van der Waals surface area (Å²) >= 11 is 0. The molecule has 0 bridgehead atoms. The van der Waals surface area contributed by atoms with E-state index in [9.17, 15) is 18.9 Å². The lowest BCUT2D eigenvalue weighted by atomic mass is 10.0. The molecule has 0 radical (unpaired) electrons. The van der Waals surface area contributed by atoms with Crippen LogP contribution in [0.5, 0.6) is 0 Å². The number of aryl methyl sites for hydroxylation is 1. The first-order chi connectivity index (χ1) is 29.6. The zero-order chi connectivity index (χ0) is 46.1. The SMILES string of the molecule is CN(C)CCN(C)c1cnc(/C=C(\C#N)c2ccc(C#N)cc2)nc1.CN(CCO)c1cnc(/C=C(\C#N)c2ccc(C#N)cc2)nc1.CNC.Cc1ccc(S(=O)(=O)Cl)cc1. The average Bonchev–Trinajstić information content (AvgIpc) is 3.27. The number of benzene rings is 3. The molecule has 2 aromatic heterocycles. The van der Waals surface area contributed by atoms with Gasteiger partial charge in [-0.05, 0) is 82.6 Å². The van der Waals surface area contributed by atoms with Crippen molar-refractivity contribution in [2.75, 3.05) is 78.3 Å². The first-order valence-corrected chi connectivity index (χ1v) is 21.1. The number of hydrogen-bond acceptors (Lipinski definition) is 15. The lowest BCUT2D eigenvalue weighted by Gasteiger charge is -2.20. The van der Waals surface area contributed by atoms with Crippen molar-refractivity contribution in [3.05, 3.63) is 137 Å². The van der Waals surface area contributed by atoms with E-state index in [-0.39, 0.29) is 11.5 Å². The third-order valence-electron chi connectivity index (χ3n) is 8.26. The second kappa shape index (κ2) is 27.0. The van der Waals surface area contributed by atoms with Crippen LogP contribution in [0.15, 0.2) is 102 Å². The van der Waals surface area contributed by atoms with Gasteiger partial charge in [-0.25, -0.2) is 28.4 Å². The Hall–Kier alpha value is -7.02. The molecule has 320 valence electrons. The van der Waals surface area contributed by atoms with Crippen molar-refractivity contribution in [3.8, 4) is 24.3 Å². The second-order valence-electron chi connectivity index (χ2n) is 13.4. The summed E-state index contributed by atoms with van der Waals surface area (Å²) in [5.41, 5.74) is 6.14. The lowest BCUT2D eigenvalue weighted by molar-refractivity contribution is 0.304. The Balaban J connectivity index is 0.000000329. The maximum absolute atomic E-state index is 10.7. The molecule has 2 N–H and O–H groups in total. The van der Waals surface area contributed by atoms with Crippen LogP contribution in [0.3, 0.4) is 0 Å². The zero-order valence-corrected chi connectivity index (χ0v) is 37.3. The zero-order valence-electron chi connectivity index (χ0n) is 35.7. The molecule has 0 fully saturated rings. The van der Waals surface area contributed by atoms with Gasteiger partial charge in [0.1, 0.15) is 0 Å². The maximum Gasteiger partial charge on any atom is 0.261 e. The number of nitriles is 4. The highest BCUT2D eigenvalue weighted by Gasteiger charge is 2.09. The van der Waals surface area contributed by atoms with Crippen LogP contribution in [0, 0.1) is 52.2 Å². The van der Waals surface area contributed by atoms with Gasteiger partial charge in [0, 0.05) is 56.6 Å². The van der Waals surface area contributed by atoms with Gasteiger partial charge in [-0.15, -0.1) is 0 Å². The summed E-state index contributed by atoms with van der Waals surface area (Å²) in [5.74, 6) is 0.901. The number of rotatable bonds is 12. The third kappa shape index (κ3) is 18.1. The molecule has 5 rings (SSSR count). The number of hydrogen-bond donors (Lipinski definition) is 2. The molecule has 0 saturated heterocycles. The van der Waals surface area contributed by atoms with Crippen molar-refractivity contribution in [1.29, 1.82) is 21.0 Å². The first-order valence-electron chi connectivity index (χ1n) is 18.8. The third-order valence-corrected chi connectivity index (χ3v) is 9.63. The van der Waals surface area contributed by atoms with Gasteiger partial charge in [0.05, 0.1) is 94.2 Å². The highest BCUT2D eigenvalue weighted by atomic mass is 35.7. The number of likely N-dealkylation sites (N-methyl/N-ethyl adjacent to an activating group) is 3. The van der Waals surface area contributed by atoms with E-state index in [0.29, 0.717) is 46.0 Å². The molecular weight excluding hydrogens is 824 g/mol. The van der Waals surface area contributed by atoms with Crippen molar-refractivity contribution >= 4 is 54.4 Å². The summed E-state index contributed by atoms with van der Waals surface area (Å²) in [6.45, 7) is 4.24. The van der Waals surface area contributed by atoms with Crippen LogP contribution in [-0.4, -0.2) is 107 Å². The summed E-state index contributed by atoms with van der Waals surface area (Å²) in [4.78, 5) is 23.3. The number of allylic oxidation sites excluding steroid dienone is 2. The molecule has 0 amide bonds. The van der Waals surface area contributed by atoms with Crippen molar-refractivity contribution in [3.63, 3.8) is 0 Å². The van der Waals surface area contributed by atoms with Crippen LogP contribution in [0.25, 0.3) is 23.3 Å². The Morgan fingerprint density at radius 2 is 1.03 bits per heavy atom. The minimum absolute atomic E-state index is 0.0510. The molecule has 2 heterocycles. The van der Waals surface area contributed by atoms with Gasteiger partial charge in [0.25, 0.3) is 9.05 Å². The van der Waals surface area contributed by atoms with Gasteiger partial charge in [0.2, 0.25) is 0 Å². The molecule has 3 aromatic carbocycles. The van der Waals surface area contributed by atoms with E-state index < -0.39 is 9.05 Å². The topological polar surface area (TPSA) is 223 Å². The quantitative estimate of drug-likeness (QED) is 0.108. The fraction of sp³-hybridized carbons (Fsp3) is 0.244. The predicted octanol–water partition coefficient (Wildman–Crippen LogP) is 6.01. The minimum atomic E-state index is -3.55. The Morgan fingerprint density at radius 3 is 1.34 bits per heavy atom. The number of anilines is 2. The van der Waals surface area contributed by atoms with E-state index in [1.165, 1.54) is 12.1 Å². The molecule has 0 aliphatic rings. The molecule has 5 aromatic rings. The summed E-state index contributed by atoms with van der Waals surface area (Å²) in [6.07, 6.45) is 10.0. The Kier molecular flexibility index (Phi) is 22.2. The van der Waals surface area contributed by atoms with Crippen LogP contribution in [0.1, 0.15) is 39.5 Å². The smallest absolute Gasteiger partial charge is 0.261 e. The monoisotopic (exact) mass is 872 g/mol. The second-order valence-corrected chi connectivity index (χ2v) is 16.0. The summed E-state index contributed by atoms with van der Waals surface area (Å²) in [5, 5.41) is 48.0. The molecule has 0 aliphatic carbocycles. The maximum atomic E-state index is 10.7. The fourth-order valence-corrected chi connectivity index (χ4v) is 5.50. The molecule has 0 atom stereocenters. The van der Waals surface area contributed by atoms with Crippen molar-refractivity contribution in [2.24, 2.45) is 0 Å². The molecule has 0 unspecified atom stereocenters. The highest BCUT2D eigenvalue weighted by molar-refractivity contribution is 8.13. The standard InChI is InChI=1S/C19H20N6.C17H15N5O.C7H7ClO2S.C2H7N/c1-24(2)8-9-25(3)18-13-22-19(23-14-18)10-17(12-21)16-6-4-15(11-20)5-7-16;1-22(6-7-23)16-11-20-17(21-12-16)8-15(10-19)14-4-2-13(9-18)3-5-14;1-6-2-4-7(5-3-6)11(8,9)10;1-3-2/h4-7,10,13-14H,8-9H2,1-3H3;2-5,8,11-12,23H,6-7H2,1H3;2-5H,1H3;3H,1-2H3/b17-10+;15-8+;;. The van der Waals surface area contributed by atoms with E-state index >= 15 is 0 Å². The van der Waals surface area contributed by atoms with Crippen LogP contribution in [0.4, 0.5) is 11.4 Å². The van der Waals surface area contributed by atoms with E-state index in [4.69, 9.17) is 26.3 Å². The summed E-state index contributed by atoms with van der Waals surface area (Å²) < 4.78 is 21.4. The number of nitrogens with zero attached hydrogens (tertiary/aromatic N) is 11. The highest BCUT2D eigenvalue weighted by Crippen LogP contribution is 2.20. The Morgan fingerprint density at radius 1 is 0.661 bits per heavy atom. The summed E-state index contributed by atoms with van der Waals surface area (Å²) in [6, 6.07) is 28.4. The van der Waals surface area contributed by atoms with E-state index in [2.05, 4.69) is 53.3 Å². The number of halogens is 1. The molecule has 0 aliphatic heterocycles. The molecular formula is C45H49ClN12O3S. The lowest BCUT2D eigenvalue weighted by Crippen LogP contribution is -2.28. The number of aliphatic hydroxyl groups excluding tert-OH is 1. The van der Waals surface area contributed by atoms with Crippen LogP contribution in [0.2, 0.25) is 0 Å². The normalized spacial score (nSPS) is 10.7. The van der Waals surface area contributed by atoms with Gasteiger partial charge in [-0.1, -0.05) is 42.0 Å². The largest absolute Gasteiger partial charge is 0.395 e. The van der Waals surface area contributed by atoms with E-state index in [1.54, 1.807) is 97.6 Å². The first kappa shape index (κ1) is 51.1. The minimum Gasteiger partial charge on any atom is -0.395 e. The number of nitrogens with one attached hydrogen (secondary N) is 1. The van der Waals surface area contributed by atoms with Gasteiger partial charge in [-0.2, -0.15) is 21.0 Å². The molecule has 62 heavy (non-hydrogen) atoms. The molecule has 0 saturated carbocycles.